The van der Waals surface area contributed by atoms with E-state index in [9.17, 15) is 14.4 Å². The molecule has 0 spiro atoms. The number of aryl methyl sites for hydroxylation is 1. The van der Waals surface area contributed by atoms with E-state index in [-0.39, 0.29) is 34.4 Å². The summed E-state index contributed by atoms with van der Waals surface area (Å²) in [4.78, 5) is 45.1. The molecule has 0 saturated carbocycles. The molecule has 1 aromatic carbocycles. The number of amides is 1. The number of aromatic nitrogens is 2. The van der Waals surface area contributed by atoms with Crippen LogP contribution in [0.3, 0.4) is 0 Å². The van der Waals surface area contributed by atoms with Gasteiger partial charge in [-0.25, -0.2) is 4.39 Å². The first-order valence-corrected chi connectivity index (χ1v) is 13.3. The van der Waals surface area contributed by atoms with Gasteiger partial charge in [-0.15, -0.1) is 0 Å². The summed E-state index contributed by atoms with van der Waals surface area (Å²) in [6, 6.07) is 8.26. The third-order valence-electron chi connectivity index (χ3n) is 8.55. The highest BCUT2D eigenvalue weighted by Gasteiger charge is 2.38. The third kappa shape index (κ3) is 3.96. The van der Waals surface area contributed by atoms with E-state index < -0.39 is 11.2 Å². The summed E-state index contributed by atoms with van der Waals surface area (Å²) in [7, 11) is 2.13. The highest BCUT2D eigenvalue weighted by molar-refractivity contribution is 5.98. The quantitative estimate of drug-likeness (QED) is 0.577. The number of nitrogens with zero attached hydrogens (tertiary/aromatic N) is 4. The molecule has 6 rings (SSSR count). The zero-order chi connectivity index (χ0) is 25.8. The van der Waals surface area contributed by atoms with E-state index in [1.54, 1.807) is 33.9 Å². The first-order valence-electron chi connectivity index (χ1n) is 13.3. The number of carbonyl (C=O) groups is 1. The molecule has 8 nitrogen and oxygen atoms in total. The Hall–Kier alpha value is -3.46. The monoisotopic (exact) mass is 506 g/mol. The van der Waals surface area contributed by atoms with Crippen molar-refractivity contribution in [3.63, 3.8) is 0 Å². The number of piperidine rings is 1. The number of piperazine rings is 1. The number of fused-ring (bicyclic) bond motifs is 5. The van der Waals surface area contributed by atoms with Crippen molar-refractivity contribution in [2.45, 2.75) is 44.8 Å². The van der Waals surface area contributed by atoms with Gasteiger partial charge in [0.25, 0.3) is 11.5 Å². The van der Waals surface area contributed by atoms with Gasteiger partial charge in [0.1, 0.15) is 11.4 Å². The molecule has 3 aromatic rings. The number of pyridine rings is 2. The Morgan fingerprint density at radius 3 is 2.68 bits per heavy atom. The van der Waals surface area contributed by atoms with Gasteiger partial charge in [-0.2, -0.15) is 0 Å². The number of benzene rings is 1. The van der Waals surface area contributed by atoms with Crippen molar-refractivity contribution in [3.8, 4) is 0 Å². The SMILES string of the molecule is CCn1cc(C(=O)N2CCC3CC2Cn2c3cccc2=O)c(=O)c2cc(F)c(N3CC[NH+](C)CC3)cc21. The molecule has 3 aliphatic heterocycles. The van der Waals surface area contributed by atoms with Crippen molar-refractivity contribution >= 4 is 22.5 Å². The minimum atomic E-state index is -0.437. The Bertz CT molecular complexity index is 1500. The van der Waals surface area contributed by atoms with Crippen LogP contribution in [0, 0.1) is 5.82 Å². The molecule has 37 heavy (non-hydrogen) atoms. The molecule has 2 bridgehead atoms. The predicted molar refractivity (Wildman–Crippen MR) is 140 cm³/mol. The Labute approximate surface area is 214 Å². The number of hydrogen-bond acceptors (Lipinski definition) is 4. The van der Waals surface area contributed by atoms with Crippen molar-refractivity contribution in [3.05, 3.63) is 74.2 Å². The van der Waals surface area contributed by atoms with Gasteiger partial charge in [-0.3, -0.25) is 14.4 Å². The highest BCUT2D eigenvalue weighted by atomic mass is 19.1. The fourth-order valence-electron chi connectivity index (χ4n) is 6.40. The van der Waals surface area contributed by atoms with Crippen molar-refractivity contribution in [2.24, 2.45) is 0 Å². The van der Waals surface area contributed by atoms with E-state index in [0.717, 1.165) is 44.7 Å². The van der Waals surface area contributed by atoms with Crippen molar-refractivity contribution in [1.82, 2.24) is 14.0 Å². The minimum absolute atomic E-state index is 0.0615. The maximum absolute atomic E-state index is 15.3. The lowest BCUT2D eigenvalue weighted by Crippen LogP contribution is -3.12. The van der Waals surface area contributed by atoms with Crippen LogP contribution in [-0.2, 0) is 13.1 Å². The second-order valence-electron chi connectivity index (χ2n) is 10.7. The number of hydrogen-bond donors (Lipinski definition) is 1. The number of quaternary nitrogens is 1. The van der Waals surface area contributed by atoms with E-state index in [0.29, 0.717) is 30.8 Å². The summed E-state index contributed by atoms with van der Waals surface area (Å²) >= 11 is 0. The Morgan fingerprint density at radius 1 is 1.14 bits per heavy atom. The number of likely N-dealkylation sites (tertiary alicyclic amines) is 1. The predicted octanol–water partition coefficient (Wildman–Crippen LogP) is 1.06. The summed E-state index contributed by atoms with van der Waals surface area (Å²) in [5.74, 6) is -0.540. The first kappa shape index (κ1) is 23.9. The average molecular weight is 507 g/mol. The van der Waals surface area contributed by atoms with Crippen LogP contribution in [-0.4, -0.2) is 65.8 Å². The van der Waals surface area contributed by atoms with Crippen LogP contribution >= 0.6 is 0 Å². The number of likely N-dealkylation sites (N-methyl/N-ethyl adjacent to an activating group) is 1. The number of halogens is 1. The molecule has 3 aliphatic rings. The zero-order valence-electron chi connectivity index (χ0n) is 21.4. The normalized spacial score (nSPS) is 21.8. The maximum Gasteiger partial charge on any atom is 0.259 e. The standard InChI is InChI=1S/C28H32FN5O3/c1-3-31-17-21(27(36)20-14-22(29)25(15-24(20)31)32-11-9-30(2)10-12-32)28(37)33-8-7-18-13-19(33)16-34-23(18)5-4-6-26(34)35/h4-6,14-15,17-19H,3,7-13,16H2,1-2H3/p+1. The second-order valence-corrected chi connectivity index (χ2v) is 10.7. The van der Waals surface area contributed by atoms with Crippen LogP contribution in [0.5, 0.6) is 0 Å². The molecule has 2 atom stereocenters. The molecule has 0 aliphatic carbocycles. The second kappa shape index (κ2) is 9.13. The van der Waals surface area contributed by atoms with Crippen LogP contribution in [0.4, 0.5) is 10.1 Å². The lowest BCUT2D eigenvalue weighted by Gasteiger charge is -2.44. The van der Waals surface area contributed by atoms with Crippen LogP contribution in [0.1, 0.15) is 41.7 Å². The minimum Gasteiger partial charge on any atom is -0.358 e. The smallest absolute Gasteiger partial charge is 0.259 e. The first-order chi connectivity index (χ1) is 17.9. The van der Waals surface area contributed by atoms with Gasteiger partial charge in [0.15, 0.2) is 0 Å². The van der Waals surface area contributed by atoms with E-state index >= 15 is 4.39 Å². The molecule has 2 fully saturated rings. The fraction of sp³-hybridized carbons (Fsp3) is 0.464. The zero-order valence-corrected chi connectivity index (χ0v) is 21.4. The molecular formula is C28H33FN5O3+. The maximum atomic E-state index is 15.3. The molecule has 9 heteroatoms. The molecular weight excluding hydrogens is 473 g/mol. The van der Waals surface area contributed by atoms with Gasteiger partial charge in [0.05, 0.1) is 50.5 Å². The molecule has 2 unspecified atom stereocenters. The van der Waals surface area contributed by atoms with Gasteiger partial charge in [-0.1, -0.05) is 6.07 Å². The molecule has 194 valence electrons. The lowest BCUT2D eigenvalue weighted by molar-refractivity contribution is -0.880. The molecule has 1 amide bonds. The summed E-state index contributed by atoms with van der Waals surface area (Å²) < 4.78 is 19.0. The highest BCUT2D eigenvalue weighted by Crippen LogP contribution is 2.36. The molecule has 0 radical (unpaired) electrons. The Kier molecular flexibility index (Phi) is 5.90. The Morgan fingerprint density at radius 2 is 1.92 bits per heavy atom. The van der Waals surface area contributed by atoms with Gasteiger partial charge in [0, 0.05) is 48.9 Å². The molecule has 1 N–H and O–H groups in total. The summed E-state index contributed by atoms with van der Waals surface area (Å²) in [5.41, 5.74) is 1.75. The topological polar surface area (TPSA) is 72.0 Å². The summed E-state index contributed by atoms with van der Waals surface area (Å²) in [6.45, 7) is 6.83. The number of rotatable bonds is 3. The van der Waals surface area contributed by atoms with Crippen LogP contribution in [0.15, 0.2) is 46.1 Å². The molecule has 5 heterocycles. The Balaban J connectivity index is 1.37. The largest absolute Gasteiger partial charge is 0.358 e. The van der Waals surface area contributed by atoms with E-state index in [4.69, 9.17) is 0 Å². The van der Waals surface area contributed by atoms with Crippen molar-refractivity contribution < 1.29 is 14.1 Å². The van der Waals surface area contributed by atoms with Crippen molar-refractivity contribution in [1.29, 1.82) is 0 Å². The van der Waals surface area contributed by atoms with E-state index in [1.165, 1.54) is 11.0 Å². The number of carbonyl (C=O) groups excluding carboxylic acids is 1. The lowest BCUT2D eigenvalue weighted by atomic mass is 9.84. The molecule has 2 aromatic heterocycles. The van der Waals surface area contributed by atoms with Crippen LogP contribution in [0.2, 0.25) is 0 Å². The van der Waals surface area contributed by atoms with Crippen molar-refractivity contribution in [2.75, 3.05) is 44.7 Å². The van der Waals surface area contributed by atoms with Gasteiger partial charge < -0.3 is 23.8 Å². The third-order valence-corrected chi connectivity index (χ3v) is 8.55. The molecule has 2 saturated heterocycles. The van der Waals surface area contributed by atoms with Gasteiger partial charge in [-0.05, 0) is 38.0 Å². The van der Waals surface area contributed by atoms with Crippen LogP contribution < -0.4 is 20.8 Å². The summed E-state index contributed by atoms with van der Waals surface area (Å²) in [6.07, 6.45) is 3.15. The van der Waals surface area contributed by atoms with E-state index in [2.05, 4.69) is 7.05 Å². The van der Waals surface area contributed by atoms with E-state index in [1.807, 2.05) is 22.5 Å². The number of anilines is 1. The average Bonchev–Trinajstić information content (AvgIpc) is 2.90. The fourth-order valence-corrected chi connectivity index (χ4v) is 6.40. The number of nitrogens with one attached hydrogen (secondary N) is 1. The van der Waals surface area contributed by atoms with Crippen LogP contribution in [0.25, 0.3) is 10.9 Å². The van der Waals surface area contributed by atoms with Gasteiger partial charge >= 0.3 is 0 Å². The van der Waals surface area contributed by atoms with Gasteiger partial charge in [0.2, 0.25) is 5.43 Å². The summed E-state index contributed by atoms with van der Waals surface area (Å²) in [5, 5.41) is 0.230.